The van der Waals surface area contributed by atoms with Gasteiger partial charge in [0.2, 0.25) is 5.91 Å². The standard InChI is InChI=1S/C26H25N3O2/c1-19-9-8-14-22-25(19)27-18-29(26(22)31)16-15-24(30)28-23(21-12-6-3-7-13-21)17-20-10-4-2-5-11-20/h2-14,18,23H,15-17H2,1H3,(H,28,30). The minimum absolute atomic E-state index is 0.0963. The minimum Gasteiger partial charge on any atom is -0.349 e. The zero-order valence-electron chi connectivity index (χ0n) is 17.5. The number of benzene rings is 3. The molecular formula is C26H25N3O2. The van der Waals surface area contributed by atoms with Crippen molar-refractivity contribution in [2.24, 2.45) is 0 Å². The number of nitrogens with zero attached hydrogens (tertiary/aromatic N) is 2. The summed E-state index contributed by atoms with van der Waals surface area (Å²) in [6, 6.07) is 25.5. The van der Waals surface area contributed by atoms with Gasteiger partial charge in [-0.15, -0.1) is 0 Å². The van der Waals surface area contributed by atoms with E-state index in [-0.39, 0.29) is 30.5 Å². The van der Waals surface area contributed by atoms with Crippen molar-refractivity contribution in [3.63, 3.8) is 0 Å². The summed E-state index contributed by atoms with van der Waals surface area (Å²) in [5.74, 6) is -0.0963. The van der Waals surface area contributed by atoms with E-state index < -0.39 is 0 Å². The van der Waals surface area contributed by atoms with Crippen LogP contribution in [-0.4, -0.2) is 15.5 Å². The van der Waals surface area contributed by atoms with Crippen molar-refractivity contribution in [2.45, 2.75) is 32.4 Å². The second-order valence-electron chi connectivity index (χ2n) is 7.68. The van der Waals surface area contributed by atoms with Crippen molar-refractivity contribution in [1.82, 2.24) is 14.9 Å². The zero-order valence-corrected chi connectivity index (χ0v) is 17.5. The van der Waals surface area contributed by atoms with Crippen LogP contribution in [0.15, 0.2) is 90.0 Å². The first-order valence-electron chi connectivity index (χ1n) is 10.4. The molecule has 31 heavy (non-hydrogen) atoms. The fourth-order valence-corrected chi connectivity index (χ4v) is 3.77. The van der Waals surface area contributed by atoms with E-state index in [1.54, 1.807) is 6.07 Å². The van der Waals surface area contributed by atoms with Gasteiger partial charge in [0.15, 0.2) is 0 Å². The van der Waals surface area contributed by atoms with Gasteiger partial charge in [0.05, 0.1) is 23.3 Å². The number of carbonyl (C=O) groups excluding carboxylic acids is 1. The number of carbonyl (C=O) groups is 1. The minimum atomic E-state index is -0.134. The molecular weight excluding hydrogens is 386 g/mol. The van der Waals surface area contributed by atoms with E-state index in [9.17, 15) is 9.59 Å². The van der Waals surface area contributed by atoms with Gasteiger partial charge in [0.1, 0.15) is 0 Å². The summed E-state index contributed by atoms with van der Waals surface area (Å²) in [4.78, 5) is 30.0. The van der Waals surface area contributed by atoms with E-state index >= 15 is 0 Å². The van der Waals surface area contributed by atoms with Crippen molar-refractivity contribution < 1.29 is 4.79 Å². The van der Waals surface area contributed by atoms with E-state index in [0.717, 1.165) is 16.7 Å². The van der Waals surface area contributed by atoms with Crippen LogP contribution in [0.25, 0.3) is 10.9 Å². The topological polar surface area (TPSA) is 64.0 Å². The molecule has 0 bridgehead atoms. The van der Waals surface area contributed by atoms with Crippen molar-refractivity contribution in [3.8, 4) is 0 Å². The monoisotopic (exact) mass is 411 g/mol. The number of aromatic nitrogens is 2. The Morgan fingerprint density at radius 3 is 2.42 bits per heavy atom. The summed E-state index contributed by atoms with van der Waals surface area (Å²) in [7, 11) is 0. The summed E-state index contributed by atoms with van der Waals surface area (Å²) < 4.78 is 1.51. The third kappa shape index (κ3) is 4.89. The lowest BCUT2D eigenvalue weighted by Crippen LogP contribution is -2.32. The van der Waals surface area contributed by atoms with Crippen LogP contribution in [0.1, 0.15) is 29.2 Å². The van der Waals surface area contributed by atoms with Crippen molar-refractivity contribution >= 4 is 16.8 Å². The van der Waals surface area contributed by atoms with E-state index in [2.05, 4.69) is 22.4 Å². The van der Waals surface area contributed by atoms with Crippen molar-refractivity contribution in [2.75, 3.05) is 0 Å². The summed E-state index contributed by atoms with van der Waals surface area (Å²) in [6.45, 7) is 2.22. The molecule has 1 atom stereocenters. The van der Waals surface area contributed by atoms with Crippen LogP contribution >= 0.6 is 0 Å². The summed E-state index contributed by atoms with van der Waals surface area (Å²) in [6.07, 6.45) is 2.44. The Bertz CT molecular complexity index is 1230. The number of rotatable bonds is 7. The van der Waals surface area contributed by atoms with Crippen LogP contribution in [0.3, 0.4) is 0 Å². The molecule has 5 heteroatoms. The maximum absolute atomic E-state index is 12.8. The number of hydrogen-bond donors (Lipinski definition) is 1. The largest absolute Gasteiger partial charge is 0.349 e. The average molecular weight is 412 g/mol. The fourth-order valence-electron chi connectivity index (χ4n) is 3.77. The van der Waals surface area contributed by atoms with Crippen molar-refractivity contribution in [1.29, 1.82) is 0 Å². The maximum atomic E-state index is 12.8. The molecule has 156 valence electrons. The number of amides is 1. The molecule has 0 radical (unpaired) electrons. The number of aryl methyl sites for hydroxylation is 2. The Kier molecular flexibility index (Phi) is 6.22. The zero-order chi connectivity index (χ0) is 21.6. The molecule has 1 heterocycles. The Hall–Kier alpha value is -3.73. The Morgan fingerprint density at radius 2 is 1.68 bits per heavy atom. The molecule has 1 aromatic heterocycles. The highest BCUT2D eigenvalue weighted by molar-refractivity contribution is 5.80. The number of fused-ring (bicyclic) bond motifs is 1. The summed E-state index contributed by atoms with van der Waals surface area (Å²) in [5, 5.41) is 3.72. The first kappa shape index (κ1) is 20.5. The van der Waals surface area contributed by atoms with E-state index in [0.29, 0.717) is 17.3 Å². The van der Waals surface area contributed by atoms with Gasteiger partial charge in [-0.2, -0.15) is 0 Å². The van der Waals surface area contributed by atoms with Gasteiger partial charge in [-0.1, -0.05) is 72.8 Å². The van der Waals surface area contributed by atoms with E-state index in [4.69, 9.17) is 0 Å². The second-order valence-corrected chi connectivity index (χ2v) is 7.68. The lowest BCUT2D eigenvalue weighted by atomic mass is 9.98. The first-order chi connectivity index (χ1) is 15.1. The van der Waals surface area contributed by atoms with Crippen LogP contribution in [0.5, 0.6) is 0 Å². The molecule has 0 aliphatic rings. The van der Waals surface area contributed by atoms with Crippen molar-refractivity contribution in [3.05, 3.63) is 112 Å². The Balaban J connectivity index is 1.47. The predicted molar refractivity (Wildman–Crippen MR) is 123 cm³/mol. The average Bonchev–Trinajstić information content (AvgIpc) is 2.80. The molecule has 5 nitrogen and oxygen atoms in total. The lowest BCUT2D eigenvalue weighted by molar-refractivity contribution is -0.122. The SMILES string of the molecule is Cc1cccc2c(=O)n(CCC(=O)NC(Cc3ccccc3)c3ccccc3)cnc12. The molecule has 0 saturated carbocycles. The lowest BCUT2D eigenvalue weighted by Gasteiger charge is -2.20. The quantitative estimate of drug-likeness (QED) is 0.496. The van der Waals surface area contributed by atoms with Gasteiger partial charge in [-0.05, 0) is 36.1 Å². The van der Waals surface area contributed by atoms with Crippen LogP contribution in [0, 0.1) is 6.92 Å². The van der Waals surface area contributed by atoms with Gasteiger partial charge in [0, 0.05) is 13.0 Å². The molecule has 1 N–H and O–H groups in total. The smallest absolute Gasteiger partial charge is 0.261 e. The summed E-state index contributed by atoms with van der Waals surface area (Å²) in [5.41, 5.74) is 3.76. The highest BCUT2D eigenvalue weighted by atomic mass is 16.2. The van der Waals surface area contributed by atoms with E-state index in [1.165, 1.54) is 10.9 Å². The van der Waals surface area contributed by atoms with Crippen LogP contribution in [-0.2, 0) is 17.8 Å². The second kappa shape index (κ2) is 9.39. The maximum Gasteiger partial charge on any atom is 0.261 e. The fraction of sp³-hybridized carbons (Fsp3) is 0.192. The molecule has 4 rings (SSSR count). The molecule has 1 amide bonds. The number of para-hydroxylation sites is 1. The van der Waals surface area contributed by atoms with E-state index in [1.807, 2.05) is 67.6 Å². The Labute approximate surface area is 181 Å². The Morgan fingerprint density at radius 1 is 0.968 bits per heavy atom. The molecule has 0 aliphatic carbocycles. The number of hydrogen-bond acceptors (Lipinski definition) is 3. The van der Waals surface area contributed by atoms with Gasteiger partial charge in [-0.3, -0.25) is 14.2 Å². The van der Waals surface area contributed by atoms with Crippen LogP contribution in [0.2, 0.25) is 0 Å². The molecule has 0 saturated heterocycles. The molecule has 0 spiro atoms. The molecule has 4 aromatic rings. The highest BCUT2D eigenvalue weighted by Crippen LogP contribution is 2.18. The van der Waals surface area contributed by atoms with Gasteiger partial charge >= 0.3 is 0 Å². The molecule has 3 aromatic carbocycles. The predicted octanol–water partition coefficient (Wildman–Crippen LogP) is 4.20. The van der Waals surface area contributed by atoms with Crippen LogP contribution in [0.4, 0.5) is 0 Å². The van der Waals surface area contributed by atoms with Gasteiger partial charge in [0.25, 0.3) is 5.56 Å². The molecule has 0 aliphatic heterocycles. The third-order valence-electron chi connectivity index (χ3n) is 5.45. The highest BCUT2D eigenvalue weighted by Gasteiger charge is 2.16. The molecule has 0 fully saturated rings. The van der Waals surface area contributed by atoms with Crippen LogP contribution < -0.4 is 10.9 Å². The summed E-state index contributed by atoms with van der Waals surface area (Å²) >= 11 is 0. The third-order valence-corrected chi connectivity index (χ3v) is 5.45. The van der Waals surface area contributed by atoms with Gasteiger partial charge < -0.3 is 5.32 Å². The van der Waals surface area contributed by atoms with Gasteiger partial charge in [-0.25, -0.2) is 4.98 Å². The molecule has 1 unspecified atom stereocenters. The number of nitrogens with one attached hydrogen (secondary N) is 1. The first-order valence-corrected chi connectivity index (χ1v) is 10.4. The normalized spacial score (nSPS) is 11.9.